The Morgan fingerprint density at radius 1 is 1.33 bits per heavy atom. The Bertz CT molecular complexity index is 422. The molecule has 1 heterocycles. The quantitative estimate of drug-likeness (QED) is 0.642. The van der Waals surface area contributed by atoms with Gasteiger partial charge in [-0.25, -0.2) is 0 Å². The van der Waals surface area contributed by atoms with E-state index in [0.717, 1.165) is 12.0 Å². The van der Waals surface area contributed by atoms with Gasteiger partial charge in [-0.05, 0) is 44.0 Å². The molecule has 0 amide bonds. The zero-order valence-electron chi connectivity index (χ0n) is 14.4. The molecule has 0 aromatic heterocycles. The predicted octanol–water partition coefficient (Wildman–Crippen LogP) is 3.22. The highest BCUT2D eigenvalue weighted by molar-refractivity contribution is 6.74. The molecule has 1 saturated heterocycles. The maximum Gasteiger partial charge on any atom is 0.192 e. The second-order valence-corrected chi connectivity index (χ2v) is 12.9. The smallest absolute Gasteiger partial charge is 0.192 e. The largest absolute Gasteiger partial charge is 0.411 e. The van der Waals surface area contributed by atoms with Crippen LogP contribution in [0.15, 0.2) is 11.6 Å². The van der Waals surface area contributed by atoms with E-state index in [4.69, 9.17) is 13.9 Å². The maximum absolute atomic E-state index is 9.51. The van der Waals surface area contributed by atoms with Gasteiger partial charge < -0.3 is 19.0 Å². The lowest BCUT2D eigenvalue weighted by Gasteiger charge is -2.42. The summed E-state index contributed by atoms with van der Waals surface area (Å²) < 4.78 is 18.6. The van der Waals surface area contributed by atoms with Crippen LogP contribution in [-0.2, 0) is 13.9 Å². The van der Waals surface area contributed by atoms with Gasteiger partial charge in [-0.15, -0.1) is 0 Å². The van der Waals surface area contributed by atoms with Gasteiger partial charge in [0, 0.05) is 0 Å². The third-order valence-electron chi connectivity index (χ3n) is 4.85. The number of aliphatic hydroxyl groups is 1. The summed E-state index contributed by atoms with van der Waals surface area (Å²) in [4.78, 5) is 0. The third kappa shape index (κ3) is 3.59. The first-order valence-corrected chi connectivity index (χ1v) is 10.7. The summed E-state index contributed by atoms with van der Waals surface area (Å²) in [7, 11) is -1.89. The number of hydrogen-bond donors (Lipinski definition) is 1. The molecule has 1 aliphatic carbocycles. The van der Waals surface area contributed by atoms with Gasteiger partial charge >= 0.3 is 0 Å². The number of hydrogen-bond acceptors (Lipinski definition) is 4. The average molecular weight is 314 g/mol. The fourth-order valence-corrected chi connectivity index (χ4v) is 4.02. The molecule has 1 fully saturated rings. The number of ether oxygens (including phenoxy) is 2. The van der Waals surface area contributed by atoms with Crippen molar-refractivity contribution in [2.75, 3.05) is 6.61 Å². The van der Waals surface area contributed by atoms with Gasteiger partial charge in [0.25, 0.3) is 0 Å². The predicted molar refractivity (Wildman–Crippen MR) is 85.7 cm³/mol. The molecule has 0 saturated carbocycles. The minimum atomic E-state index is -1.89. The summed E-state index contributed by atoms with van der Waals surface area (Å²) in [6.07, 6.45) is 2.49. The average Bonchev–Trinajstić information content (AvgIpc) is 2.61. The van der Waals surface area contributed by atoms with Crippen molar-refractivity contribution >= 4 is 8.32 Å². The lowest BCUT2D eigenvalue weighted by molar-refractivity contribution is -0.151. The van der Waals surface area contributed by atoms with Gasteiger partial charge in [0.1, 0.15) is 12.2 Å². The molecule has 5 heteroatoms. The monoisotopic (exact) mass is 314 g/mol. The van der Waals surface area contributed by atoms with E-state index in [2.05, 4.69) is 33.9 Å². The minimum absolute atomic E-state index is 0.0372. The van der Waals surface area contributed by atoms with E-state index in [1.165, 1.54) is 0 Å². The Kier molecular flexibility index (Phi) is 4.46. The molecule has 2 rings (SSSR count). The Morgan fingerprint density at radius 2 is 1.95 bits per heavy atom. The standard InChI is InChI=1S/C16H30O4Si/c1-15(2,3)21(6,7)20-13-9-11(10-17)8-12-14(13)19-16(4,5)18-12/h8,12-14,17H,9-10H2,1-7H3/t12-,13-,14-/m1/s1. The summed E-state index contributed by atoms with van der Waals surface area (Å²) in [6.45, 7) is 15.1. The van der Waals surface area contributed by atoms with E-state index >= 15 is 0 Å². The maximum atomic E-state index is 9.51. The minimum Gasteiger partial charge on any atom is -0.411 e. The highest BCUT2D eigenvalue weighted by Gasteiger charge is 2.50. The van der Waals surface area contributed by atoms with E-state index in [1.54, 1.807) is 0 Å². The lowest BCUT2D eigenvalue weighted by atomic mass is 9.93. The van der Waals surface area contributed by atoms with Crippen LogP contribution in [-0.4, -0.2) is 44.1 Å². The van der Waals surface area contributed by atoms with Gasteiger partial charge in [-0.1, -0.05) is 26.8 Å². The van der Waals surface area contributed by atoms with Gasteiger partial charge in [0.2, 0.25) is 0 Å². The van der Waals surface area contributed by atoms with E-state index in [9.17, 15) is 5.11 Å². The van der Waals surface area contributed by atoms with Crippen molar-refractivity contribution < 1.29 is 19.0 Å². The van der Waals surface area contributed by atoms with E-state index < -0.39 is 14.1 Å². The molecule has 122 valence electrons. The topological polar surface area (TPSA) is 47.9 Å². The molecule has 0 radical (unpaired) electrons. The van der Waals surface area contributed by atoms with Gasteiger partial charge in [-0.2, -0.15) is 0 Å². The first-order chi connectivity index (χ1) is 9.45. The Morgan fingerprint density at radius 3 is 2.48 bits per heavy atom. The van der Waals surface area contributed by atoms with E-state index in [0.29, 0.717) is 0 Å². The molecular formula is C16H30O4Si. The summed E-state index contributed by atoms with van der Waals surface area (Å²) in [5.41, 5.74) is 0.987. The van der Waals surface area contributed by atoms with Crippen LogP contribution < -0.4 is 0 Å². The molecule has 4 nitrogen and oxygen atoms in total. The van der Waals surface area contributed by atoms with Crippen molar-refractivity contribution in [1.29, 1.82) is 0 Å². The fraction of sp³-hybridized carbons (Fsp3) is 0.875. The second kappa shape index (κ2) is 5.46. The van der Waals surface area contributed by atoms with Crippen molar-refractivity contribution in [1.82, 2.24) is 0 Å². The summed E-state index contributed by atoms with van der Waals surface area (Å²) >= 11 is 0. The van der Waals surface area contributed by atoms with Crippen LogP contribution >= 0.6 is 0 Å². The van der Waals surface area contributed by atoms with Crippen molar-refractivity contribution in [3.05, 3.63) is 11.6 Å². The van der Waals surface area contributed by atoms with Crippen LogP contribution in [0.25, 0.3) is 0 Å². The second-order valence-electron chi connectivity index (χ2n) is 8.17. The highest BCUT2D eigenvalue weighted by atomic mass is 28.4. The zero-order chi connectivity index (χ0) is 16.1. The van der Waals surface area contributed by atoms with Crippen molar-refractivity contribution in [3.8, 4) is 0 Å². The van der Waals surface area contributed by atoms with Crippen LogP contribution in [0.4, 0.5) is 0 Å². The molecule has 21 heavy (non-hydrogen) atoms. The van der Waals surface area contributed by atoms with Crippen LogP contribution in [0.2, 0.25) is 18.1 Å². The van der Waals surface area contributed by atoms with Gasteiger partial charge in [-0.3, -0.25) is 0 Å². The first-order valence-electron chi connectivity index (χ1n) is 7.79. The van der Waals surface area contributed by atoms with Crippen molar-refractivity contribution in [2.24, 2.45) is 0 Å². The molecule has 3 atom stereocenters. The zero-order valence-corrected chi connectivity index (χ0v) is 15.4. The summed E-state index contributed by atoms with van der Waals surface area (Å²) in [5, 5.41) is 9.66. The first kappa shape index (κ1) is 17.2. The van der Waals surface area contributed by atoms with Crippen LogP contribution in [0.3, 0.4) is 0 Å². The molecular weight excluding hydrogens is 284 g/mol. The number of rotatable bonds is 3. The van der Waals surface area contributed by atoms with Gasteiger partial charge in [0.05, 0.1) is 12.7 Å². The normalized spacial score (nSPS) is 32.8. The van der Waals surface area contributed by atoms with E-state index in [1.807, 2.05) is 19.9 Å². The van der Waals surface area contributed by atoms with Crippen LogP contribution in [0.5, 0.6) is 0 Å². The number of fused-ring (bicyclic) bond motifs is 1. The molecule has 0 aromatic rings. The van der Waals surface area contributed by atoms with Crippen LogP contribution in [0, 0.1) is 0 Å². The molecule has 2 aliphatic rings. The molecule has 1 N–H and O–H groups in total. The summed E-state index contributed by atoms with van der Waals surface area (Å²) in [6, 6.07) is 0. The summed E-state index contributed by atoms with van der Waals surface area (Å²) in [5.74, 6) is -0.591. The highest BCUT2D eigenvalue weighted by Crippen LogP contribution is 2.42. The molecule has 0 aromatic carbocycles. The molecule has 0 spiro atoms. The third-order valence-corrected chi connectivity index (χ3v) is 9.35. The van der Waals surface area contributed by atoms with Crippen molar-refractivity contribution in [2.45, 2.75) is 83.3 Å². The molecule has 0 unspecified atom stereocenters. The van der Waals surface area contributed by atoms with Gasteiger partial charge in [0.15, 0.2) is 14.1 Å². The number of aliphatic hydroxyl groups excluding tert-OH is 1. The molecule has 0 bridgehead atoms. The molecule has 1 aliphatic heterocycles. The Labute approximate surface area is 129 Å². The van der Waals surface area contributed by atoms with E-state index in [-0.39, 0.29) is 30.0 Å². The fourth-order valence-electron chi connectivity index (χ4n) is 2.69. The lowest BCUT2D eigenvalue weighted by Crippen LogP contribution is -2.50. The SMILES string of the molecule is CC1(C)O[C@@H]2[C@@H](C=C(CO)C[C@H]2O[Si](C)(C)C(C)(C)C)O1. The Balaban J connectivity index is 2.21. The van der Waals surface area contributed by atoms with Crippen molar-refractivity contribution in [3.63, 3.8) is 0 Å². The Hall–Kier alpha value is -0.203. The van der Waals surface area contributed by atoms with Crippen LogP contribution in [0.1, 0.15) is 41.0 Å².